The fraction of sp³-hybridized carbons (Fsp3) is 0.0667. The van der Waals surface area contributed by atoms with E-state index >= 15 is 0 Å². The Labute approximate surface area is 115 Å². The van der Waals surface area contributed by atoms with Gasteiger partial charge >= 0.3 is 0 Å². The van der Waals surface area contributed by atoms with Crippen molar-refractivity contribution in [3.63, 3.8) is 0 Å². The molecule has 0 bridgehead atoms. The molecule has 0 saturated carbocycles. The highest BCUT2D eigenvalue weighted by atomic mass is 16.3. The number of nitrogens with zero attached hydrogens (tertiary/aromatic N) is 1. The highest BCUT2D eigenvalue weighted by Crippen LogP contribution is 2.17. The summed E-state index contributed by atoms with van der Waals surface area (Å²) in [5, 5.41) is 2.76. The summed E-state index contributed by atoms with van der Waals surface area (Å²) in [6.07, 6.45) is 6.44. The molecule has 3 aromatic rings. The smallest absolute Gasteiger partial charge is 0.287 e. The molecule has 0 atom stereocenters. The third-order valence-electron chi connectivity index (χ3n) is 2.84. The molecule has 100 valence electrons. The first-order valence-electron chi connectivity index (χ1n) is 6.12. The van der Waals surface area contributed by atoms with Gasteiger partial charge in [-0.15, -0.1) is 0 Å². The van der Waals surface area contributed by atoms with E-state index in [-0.39, 0.29) is 5.91 Å². The zero-order valence-electron chi connectivity index (χ0n) is 10.6. The summed E-state index contributed by atoms with van der Waals surface area (Å²) in [6, 6.07) is 8.95. The number of pyridine rings is 1. The van der Waals surface area contributed by atoms with Crippen molar-refractivity contribution < 1.29 is 13.6 Å². The van der Waals surface area contributed by atoms with Gasteiger partial charge in [0, 0.05) is 18.3 Å². The maximum Gasteiger partial charge on any atom is 0.287 e. The molecule has 3 rings (SSSR count). The quantitative estimate of drug-likeness (QED) is 0.790. The van der Waals surface area contributed by atoms with Gasteiger partial charge in [0.15, 0.2) is 5.76 Å². The molecule has 0 spiro atoms. The van der Waals surface area contributed by atoms with E-state index in [0.717, 1.165) is 16.8 Å². The Morgan fingerprint density at radius 2 is 2.15 bits per heavy atom. The number of aromatic nitrogens is 1. The number of carbonyl (C=O) groups excluding carboxylic acids is 1. The molecule has 0 aliphatic heterocycles. The van der Waals surface area contributed by atoms with Gasteiger partial charge in [-0.25, -0.2) is 0 Å². The Balaban J connectivity index is 1.63. The molecule has 3 heterocycles. The third kappa shape index (κ3) is 2.61. The van der Waals surface area contributed by atoms with E-state index in [4.69, 9.17) is 8.83 Å². The van der Waals surface area contributed by atoms with Crippen LogP contribution in [0.5, 0.6) is 0 Å². The lowest BCUT2D eigenvalue weighted by molar-refractivity contribution is 0.0923. The Morgan fingerprint density at radius 3 is 2.80 bits per heavy atom. The summed E-state index contributed by atoms with van der Waals surface area (Å²) in [5.41, 5.74) is 2.67. The Bertz CT molecular complexity index is 671. The number of amides is 1. The van der Waals surface area contributed by atoms with Crippen LogP contribution in [-0.2, 0) is 6.54 Å². The lowest BCUT2D eigenvalue weighted by Gasteiger charge is -2.04. The number of carbonyl (C=O) groups is 1. The third-order valence-corrected chi connectivity index (χ3v) is 2.84. The van der Waals surface area contributed by atoms with Crippen LogP contribution >= 0.6 is 0 Å². The van der Waals surface area contributed by atoms with Gasteiger partial charge in [-0.3, -0.25) is 9.78 Å². The minimum absolute atomic E-state index is 0.242. The maximum absolute atomic E-state index is 11.7. The molecule has 1 amide bonds. The van der Waals surface area contributed by atoms with E-state index in [1.165, 1.54) is 6.26 Å². The standard InChI is InChI=1S/C15H12N2O3/c18-15(14-2-1-6-20-14)17-9-11-3-4-13(16-8-11)12-5-7-19-10-12/h1-8,10H,9H2,(H,17,18). The lowest BCUT2D eigenvalue weighted by atomic mass is 10.2. The molecule has 0 aromatic carbocycles. The second kappa shape index (κ2) is 5.44. The number of furan rings is 2. The zero-order valence-corrected chi connectivity index (χ0v) is 10.6. The monoisotopic (exact) mass is 268 g/mol. The van der Waals surface area contributed by atoms with Crippen LogP contribution in [0.15, 0.2) is 64.2 Å². The van der Waals surface area contributed by atoms with Gasteiger partial charge in [-0.2, -0.15) is 0 Å². The van der Waals surface area contributed by atoms with Crippen molar-refractivity contribution in [3.8, 4) is 11.3 Å². The highest BCUT2D eigenvalue weighted by molar-refractivity contribution is 5.91. The van der Waals surface area contributed by atoms with Crippen LogP contribution < -0.4 is 5.32 Å². The normalized spacial score (nSPS) is 10.4. The van der Waals surface area contributed by atoms with Crippen molar-refractivity contribution in [2.45, 2.75) is 6.54 Å². The highest BCUT2D eigenvalue weighted by Gasteiger charge is 2.07. The predicted molar refractivity (Wildman–Crippen MR) is 71.8 cm³/mol. The van der Waals surface area contributed by atoms with E-state index in [9.17, 15) is 4.79 Å². The van der Waals surface area contributed by atoms with Crippen LogP contribution in [0.1, 0.15) is 16.1 Å². The molecule has 0 aliphatic rings. The van der Waals surface area contributed by atoms with Crippen molar-refractivity contribution in [2.24, 2.45) is 0 Å². The molecule has 0 radical (unpaired) electrons. The fourth-order valence-electron chi connectivity index (χ4n) is 1.79. The summed E-state index contributed by atoms with van der Waals surface area (Å²) in [6.45, 7) is 0.401. The summed E-state index contributed by atoms with van der Waals surface area (Å²) in [5.74, 6) is 0.0573. The molecule has 0 fully saturated rings. The minimum atomic E-state index is -0.242. The average molecular weight is 268 g/mol. The summed E-state index contributed by atoms with van der Waals surface area (Å²) in [7, 11) is 0. The molecular weight excluding hydrogens is 256 g/mol. The van der Waals surface area contributed by atoms with E-state index < -0.39 is 0 Å². The van der Waals surface area contributed by atoms with Crippen LogP contribution in [0.2, 0.25) is 0 Å². The van der Waals surface area contributed by atoms with Crippen molar-refractivity contribution in [1.29, 1.82) is 0 Å². The van der Waals surface area contributed by atoms with Crippen LogP contribution in [0.4, 0.5) is 0 Å². The summed E-state index contributed by atoms with van der Waals surface area (Å²) >= 11 is 0. The first-order valence-corrected chi connectivity index (χ1v) is 6.12. The molecule has 0 saturated heterocycles. The van der Waals surface area contributed by atoms with Crippen molar-refractivity contribution >= 4 is 5.91 Å². The second-order valence-electron chi connectivity index (χ2n) is 4.22. The Kier molecular flexibility index (Phi) is 3.33. The Hall–Kier alpha value is -2.82. The van der Waals surface area contributed by atoms with Gasteiger partial charge in [-0.05, 0) is 29.8 Å². The topological polar surface area (TPSA) is 68.3 Å². The molecule has 0 unspecified atom stereocenters. The average Bonchev–Trinajstić information content (AvgIpc) is 3.18. The van der Waals surface area contributed by atoms with Crippen LogP contribution in [-0.4, -0.2) is 10.9 Å². The van der Waals surface area contributed by atoms with E-state index in [0.29, 0.717) is 12.3 Å². The van der Waals surface area contributed by atoms with Gasteiger partial charge in [0.25, 0.3) is 5.91 Å². The second-order valence-corrected chi connectivity index (χ2v) is 4.22. The Morgan fingerprint density at radius 1 is 1.20 bits per heavy atom. The number of nitrogens with one attached hydrogen (secondary N) is 1. The fourth-order valence-corrected chi connectivity index (χ4v) is 1.79. The van der Waals surface area contributed by atoms with Crippen LogP contribution in [0.3, 0.4) is 0 Å². The van der Waals surface area contributed by atoms with Crippen molar-refractivity contribution in [2.75, 3.05) is 0 Å². The van der Waals surface area contributed by atoms with Gasteiger partial charge in [0.2, 0.25) is 0 Å². The SMILES string of the molecule is O=C(NCc1ccc(-c2ccoc2)nc1)c1ccco1. The molecule has 1 N–H and O–H groups in total. The number of hydrogen-bond donors (Lipinski definition) is 1. The lowest BCUT2D eigenvalue weighted by Crippen LogP contribution is -2.22. The first kappa shape index (κ1) is 12.2. The minimum Gasteiger partial charge on any atom is -0.472 e. The zero-order chi connectivity index (χ0) is 13.8. The molecule has 5 nitrogen and oxygen atoms in total. The van der Waals surface area contributed by atoms with Gasteiger partial charge in [0.05, 0.1) is 24.5 Å². The molecule has 5 heteroatoms. The largest absolute Gasteiger partial charge is 0.472 e. The van der Waals surface area contributed by atoms with Crippen molar-refractivity contribution in [3.05, 3.63) is 66.6 Å². The maximum atomic E-state index is 11.7. The number of hydrogen-bond acceptors (Lipinski definition) is 4. The van der Waals surface area contributed by atoms with E-state index in [1.54, 1.807) is 30.9 Å². The van der Waals surface area contributed by atoms with E-state index in [2.05, 4.69) is 10.3 Å². The van der Waals surface area contributed by atoms with Gasteiger partial charge in [-0.1, -0.05) is 6.07 Å². The molecular formula is C15H12N2O3. The predicted octanol–water partition coefficient (Wildman–Crippen LogP) is 2.86. The van der Waals surface area contributed by atoms with Gasteiger partial charge < -0.3 is 14.2 Å². The molecule has 20 heavy (non-hydrogen) atoms. The summed E-state index contributed by atoms with van der Waals surface area (Å²) < 4.78 is 10.0. The molecule has 3 aromatic heterocycles. The number of rotatable bonds is 4. The van der Waals surface area contributed by atoms with Gasteiger partial charge in [0.1, 0.15) is 0 Å². The first-order chi connectivity index (χ1) is 9.83. The summed E-state index contributed by atoms with van der Waals surface area (Å²) in [4.78, 5) is 16.0. The van der Waals surface area contributed by atoms with Crippen molar-refractivity contribution in [1.82, 2.24) is 10.3 Å². The van der Waals surface area contributed by atoms with E-state index in [1.807, 2.05) is 18.2 Å². The molecule has 0 aliphatic carbocycles. The van der Waals surface area contributed by atoms with Crippen LogP contribution in [0.25, 0.3) is 11.3 Å². The van der Waals surface area contributed by atoms with Crippen LogP contribution in [0, 0.1) is 0 Å².